The van der Waals surface area contributed by atoms with Gasteiger partial charge in [-0.1, -0.05) is 121 Å². The second kappa shape index (κ2) is 11.1. The van der Waals surface area contributed by atoms with Crippen molar-refractivity contribution in [1.29, 1.82) is 0 Å². The summed E-state index contributed by atoms with van der Waals surface area (Å²) in [5, 5.41) is 12.7. The first kappa shape index (κ1) is 30.0. The zero-order valence-corrected chi connectivity index (χ0v) is 30.4. The molecule has 0 radical (unpaired) electrons. The van der Waals surface area contributed by atoms with Gasteiger partial charge in [0.1, 0.15) is 0 Å². The smallest absolute Gasteiger partial charge is 0.0547 e. The van der Waals surface area contributed by atoms with Crippen molar-refractivity contribution in [1.82, 2.24) is 9.13 Å². The molecular weight excluding hydrogens is 677 g/mol. The number of hydrogen-bond donors (Lipinski definition) is 0. The lowest BCUT2D eigenvalue weighted by molar-refractivity contribution is 1.18. The highest BCUT2D eigenvalue weighted by atomic mass is 15.0. The maximum Gasteiger partial charge on any atom is 0.0547 e. The van der Waals surface area contributed by atoms with E-state index in [0.29, 0.717) is 0 Å². The Morgan fingerprint density at radius 1 is 0.250 bits per heavy atom. The SMILES string of the molecule is c1ccc(-n2c3ccc(-c4ccc5c(c4)c4cc6ccccc6cc4n5-c4cc5c6c(cccc6c4)-c4ccccc4-5)cc3c3cc4ccccc4cc32)cc1. The lowest BCUT2D eigenvalue weighted by atomic mass is 9.99. The Morgan fingerprint density at radius 3 is 1.32 bits per heavy atom. The van der Waals surface area contributed by atoms with Gasteiger partial charge in [-0.15, -0.1) is 0 Å². The summed E-state index contributed by atoms with van der Waals surface area (Å²) in [7, 11) is 0. The van der Waals surface area contributed by atoms with Gasteiger partial charge < -0.3 is 9.13 Å². The van der Waals surface area contributed by atoms with Gasteiger partial charge in [0.25, 0.3) is 0 Å². The summed E-state index contributed by atoms with van der Waals surface area (Å²) >= 11 is 0. The molecule has 0 aliphatic heterocycles. The highest BCUT2D eigenvalue weighted by Crippen LogP contribution is 2.49. The predicted octanol–water partition coefficient (Wildman–Crippen LogP) is 14.7. The van der Waals surface area contributed by atoms with Crippen LogP contribution in [0.25, 0.3) is 121 Å². The van der Waals surface area contributed by atoms with Crippen molar-refractivity contribution in [3.63, 3.8) is 0 Å². The Hall–Kier alpha value is -7.42. The summed E-state index contributed by atoms with van der Waals surface area (Å²) in [6, 6.07) is 72.2. The fourth-order valence-corrected chi connectivity index (χ4v) is 9.83. The first-order valence-corrected chi connectivity index (χ1v) is 19.4. The third-order valence-electron chi connectivity index (χ3n) is 12.3. The third-order valence-corrected chi connectivity index (χ3v) is 12.3. The monoisotopic (exact) mass is 708 g/mol. The van der Waals surface area contributed by atoms with Gasteiger partial charge in [-0.2, -0.15) is 0 Å². The third kappa shape index (κ3) is 4.10. The number of nitrogens with zero attached hydrogens (tertiary/aromatic N) is 2. The molecule has 2 nitrogen and oxygen atoms in total. The average Bonchev–Trinajstić information content (AvgIpc) is 3.87. The average molecular weight is 709 g/mol. The van der Waals surface area contributed by atoms with Gasteiger partial charge in [0, 0.05) is 32.9 Å². The molecule has 0 saturated heterocycles. The van der Waals surface area contributed by atoms with Crippen LogP contribution in [0.5, 0.6) is 0 Å². The molecule has 10 aromatic carbocycles. The largest absolute Gasteiger partial charge is 0.309 e. The van der Waals surface area contributed by atoms with Crippen molar-refractivity contribution >= 4 is 75.9 Å². The standard InChI is InChI=1S/C54H32N2/c1-2-16-40(17-3-1)55-50-23-21-37(28-45(50)47-26-33-11-4-6-13-35(33)30-52(47)55)38-22-24-51-46(29-38)48-27-34-12-5-7-14-36(34)31-53(48)56(51)41-25-39-15-10-20-44-42-18-8-9-19-43(42)49(32-41)54(39)44/h1-32H. The molecule has 1 aliphatic rings. The zero-order valence-electron chi connectivity index (χ0n) is 30.4. The lowest BCUT2D eigenvalue weighted by Crippen LogP contribution is -1.95. The Kier molecular flexibility index (Phi) is 5.92. The van der Waals surface area contributed by atoms with Gasteiger partial charge >= 0.3 is 0 Å². The van der Waals surface area contributed by atoms with Gasteiger partial charge in [0.2, 0.25) is 0 Å². The number of rotatable bonds is 3. The van der Waals surface area contributed by atoms with Crippen LogP contribution in [0, 0.1) is 0 Å². The molecule has 1 aliphatic carbocycles. The van der Waals surface area contributed by atoms with Gasteiger partial charge in [-0.05, 0) is 138 Å². The van der Waals surface area contributed by atoms with E-state index in [4.69, 9.17) is 0 Å². The maximum atomic E-state index is 2.49. The normalized spacial score (nSPS) is 12.3. The molecule has 2 heterocycles. The molecule has 0 unspecified atom stereocenters. The summed E-state index contributed by atoms with van der Waals surface area (Å²) in [5.74, 6) is 0. The van der Waals surface area contributed by atoms with Crippen molar-refractivity contribution in [3.8, 4) is 44.8 Å². The molecule has 2 heteroatoms. The molecule has 0 spiro atoms. The van der Waals surface area contributed by atoms with E-state index in [-0.39, 0.29) is 0 Å². The Morgan fingerprint density at radius 2 is 0.714 bits per heavy atom. The van der Waals surface area contributed by atoms with E-state index < -0.39 is 0 Å². The first-order chi connectivity index (χ1) is 27.7. The van der Waals surface area contributed by atoms with Crippen LogP contribution in [0.4, 0.5) is 0 Å². The van der Waals surface area contributed by atoms with Gasteiger partial charge in [0.15, 0.2) is 0 Å². The highest BCUT2D eigenvalue weighted by molar-refractivity contribution is 6.19. The van der Waals surface area contributed by atoms with Crippen molar-refractivity contribution in [2.24, 2.45) is 0 Å². The molecule has 13 rings (SSSR count). The van der Waals surface area contributed by atoms with Crippen LogP contribution in [-0.4, -0.2) is 9.13 Å². The van der Waals surface area contributed by atoms with E-state index in [1.165, 1.54) is 121 Å². The van der Waals surface area contributed by atoms with Gasteiger partial charge in [-0.25, -0.2) is 0 Å². The fraction of sp³-hybridized carbons (Fsp3) is 0. The number of aromatic nitrogens is 2. The Balaban J connectivity index is 1.06. The first-order valence-electron chi connectivity index (χ1n) is 19.4. The summed E-state index contributed by atoms with van der Waals surface area (Å²) in [5.41, 5.74) is 14.9. The summed E-state index contributed by atoms with van der Waals surface area (Å²) in [6.07, 6.45) is 0. The van der Waals surface area contributed by atoms with E-state index in [9.17, 15) is 0 Å². The minimum Gasteiger partial charge on any atom is -0.309 e. The molecule has 0 amide bonds. The van der Waals surface area contributed by atoms with Crippen LogP contribution < -0.4 is 0 Å². The van der Waals surface area contributed by atoms with E-state index in [1.54, 1.807) is 0 Å². The number of benzene rings is 10. The van der Waals surface area contributed by atoms with Crippen molar-refractivity contribution in [3.05, 3.63) is 194 Å². The van der Waals surface area contributed by atoms with E-state index in [2.05, 4.69) is 203 Å². The molecule has 0 atom stereocenters. The van der Waals surface area contributed by atoms with E-state index in [1.807, 2.05) is 0 Å². The van der Waals surface area contributed by atoms with Gasteiger partial charge in [-0.3, -0.25) is 0 Å². The quantitative estimate of drug-likeness (QED) is 0.173. The van der Waals surface area contributed by atoms with Crippen molar-refractivity contribution in [2.45, 2.75) is 0 Å². The van der Waals surface area contributed by atoms with Crippen LogP contribution in [0.1, 0.15) is 0 Å². The molecule has 12 aromatic rings. The Labute approximate surface area is 322 Å². The molecule has 0 saturated carbocycles. The van der Waals surface area contributed by atoms with E-state index in [0.717, 1.165) is 0 Å². The fourth-order valence-electron chi connectivity index (χ4n) is 9.83. The van der Waals surface area contributed by atoms with Crippen molar-refractivity contribution in [2.75, 3.05) is 0 Å². The maximum absolute atomic E-state index is 2.49. The molecule has 56 heavy (non-hydrogen) atoms. The highest BCUT2D eigenvalue weighted by Gasteiger charge is 2.23. The minimum atomic E-state index is 1.17. The van der Waals surface area contributed by atoms with Gasteiger partial charge in [0.05, 0.1) is 22.1 Å². The molecule has 0 fully saturated rings. The molecule has 2 aromatic heterocycles. The Bertz CT molecular complexity index is 3640. The van der Waals surface area contributed by atoms with Crippen LogP contribution >= 0.6 is 0 Å². The molecular formula is C54H32N2. The molecule has 0 bridgehead atoms. The zero-order chi connectivity index (χ0) is 36.5. The minimum absolute atomic E-state index is 1.17. The number of para-hydroxylation sites is 1. The van der Waals surface area contributed by atoms with E-state index >= 15 is 0 Å². The summed E-state index contributed by atoms with van der Waals surface area (Å²) < 4.78 is 4.91. The summed E-state index contributed by atoms with van der Waals surface area (Å²) in [4.78, 5) is 0. The lowest BCUT2D eigenvalue weighted by Gasteiger charge is -2.12. The summed E-state index contributed by atoms with van der Waals surface area (Å²) in [6.45, 7) is 0. The van der Waals surface area contributed by atoms with Crippen LogP contribution in [-0.2, 0) is 0 Å². The van der Waals surface area contributed by atoms with Crippen molar-refractivity contribution < 1.29 is 0 Å². The second-order valence-corrected chi connectivity index (χ2v) is 15.3. The van der Waals surface area contributed by atoms with Crippen LogP contribution in [0.2, 0.25) is 0 Å². The van der Waals surface area contributed by atoms with Crippen LogP contribution in [0.3, 0.4) is 0 Å². The molecule has 258 valence electrons. The second-order valence-electron chi connectivity index (χ2n) is 15.3. The topological polar surface area (TPSA) is 9.86 Å². The predicted molar refractivity (Wildman–Crippen MR) is 238 cm³/mol. The molecule has 0 N–H and O–H groups in total. The number of fused-ring (bicyclic) bond motifs is 11. The number of hydrogen-bond acceptors (Lipinski definition) is 0. The van der Waals surface area contributed by atoms with Crippen LogP contribution in [0.15, 0.2) is 194 Å².